The molecule has 9 atom stereocenters. The van der Waals surface area contributed by atoms with Gasteiger partial charge in [-0.1, -0.05) is 0 Å². The Morgan fingerprint density at radius 3 is 2.45 bits per heavy atom. The van der Waals surface area contributed by atoms with Crippen molar-refractivity contribution in [2.45, 2.75) is 42.9 Å². The number of aromatic nitrogens is 4. The first-order valence-electron chi connectivity index (χ1n) is 12.2. The summed E-state index contributed by atoms with van der Waals surface area (Å²) in [6.45, 7) is -1.87. The molecule has 0 aliphatic carbocycles. The number of thiol groups is 1. The molecular weight excluding hydrogens is 674 g/mol. The van der Waals surface area contributed by atoms with Crippen LogP contribution in [0.4, 0.5) is 23.3 Å². The Balaban J connectivity index is 1.18. The third-order valence-corrected chi connectivity index (χ3v) is 10.1. The molecule has 0 radical (unpaired) electrons. The Hall–Kier alpha value is -2.63. The summed E-state index contributed by atoms with van der Waals surface area (Å²) in [5.74, 6) is -0.265. The second-order valence-electron chi connectivity index (χ2n) is 9.39. The molecular formula is C19H23N8O13P2S2-3. The maximum Gasteiger partial charge on any atom is 0.351 e. The lowest BCUT2D eigenvalue weighted by atomic mass is 10.1. The van der Waals surface area contributed by atoms with Crippen LogP contribution in [0.3, 0.4) is 0 Å². The summed E-state index contributed by atoms with van der Waals surface area (Å²) in [5, 5.41) is 26.2. The fourth-order valence-electron chi connectivity index (χ4n) is 4.38. The number of hydrogen-bond donors (Lipinski definition) is 8. The molecule has 3 aliphatic rings. The van der Waals surface area contributed by atoms with E-state index >= 15 is 0 Å². The van der Waals surface area contributed by atoms with E-state index in [1.807, 2.05) is 0 Å². The standard InChI is InChI=1S/C19H26N8O13P2S2/c20-7-1-2-27(19(31)22-7)17-11(29)10(28)5(39-17)3-36-41(32,33)40-42(34,35)37-4-6-12(43)13(44)8-16(38-6)24-14-9(23-8)15(30)26-18(21)25-14/h1-2,5-6,8,10-11,16-17,23,28-29,43-44H,3-4H2,(H,32,33)(H,34,35)(H2,20,22,31)(H4,21,24,25,26,30)/p-3/t5-,6-,8+,10-,11-,16-,17-/m1/s1. The number of nitrogens with one attached hydrogen (secondary N) is 3. The van der Waals surface area contributed by atoms with Gasteiger partial charge in [-0.15, -0.1) is 12.6 Å². The molecule has 1 fully saturated rings. The molecule has 2 aromatic rings. The monoisotopic (exact) mass is 697 g/mol. The van der Waals surface area contributed by atoms with Crippen LogP contribution in [0.15, 0.2) is 31.7 Å². The Bertz CT molecular complexity index is 1690. The van der Waals surface area contributed by atoms with Crippen LogP contribution in [0, 0.1) is 0 Å². The highest BCUT2D eigenvalue weighted by Gasteiger charge is 2.45. The van der Waals surface area contributed by atoms with Crippen molar-refractivity contribution in [3.63, 3.8) is 0 Å². The van der Waals surface area contributed by atoms with Gasteiger partial charge in [0.15, 0.2) is 18.3 Å². The molecule has 0 aromatic carbocycles. The zero-order valence-electron chi connectivity index (χ0n) is 21.7. The number of hydrogen-bond acceptors (Lipinski definition) is 21. The molecule has 44 heavy (non-hydrogen) atoms. The lowest BCUT2D eigenvalue weighted by Crippen LogP contribution is -2.52. The van der Waals surface area contributed by atoms with Crippen LogP contribution >= 0.6 is 28.3 Å². The van der Waals surface area contributed by atoms with E-state index in [-0.39, 0.29) is 33.1 Å². The number of rotatable bonds is 9. The van der Waals surface area contributed by atoms with Crippen molar-refractivity contribution in [3.8, 4) is 0 Å². The quantitative estimate of drug-likeness (QED) is 0.0713. The number of phosphoric ester groups is 2. The molecule has 5 heterocycles. The highest BCUT2D eigenvalue weighted by atomic mass is 32.1. The van der Waals surface area contributed by atoms with E-state index in [0.717, 1.165) is 10.8 Å². The molecule has 0 saturated carbocycles. The zero-order valence-corrected chi connectivity index (χ0v) is 25.2. The lowest BCUT2D eigenvalue weighted by molar-refractivity contribution is -0.246. The van der Waals surface area contributed by atoms with Gasteiger partial charge in [0.1, 0.15) is 35.9 Å². The Morgan fingerprint density at radius 1 is 1.09 bits per heavy atom. The number of nitrogens with two attached hydrogens (primary N) is 2. The van der Waals surface area contributed by atoms with Crippen LogP contribution in [0.5, 0.6) is 0 Å². The van der Waals surface area contributed by atoms with Crippen LogP contribution in [0.1, 0.15) is 6.23 Å². The van der Waals surface area contributed by atoms with Gasteiger partial charge in [0.05, 0.1) is 19.3 Å². The fourth-order valence-corrected chi connectivity index (χ4v) is 6.98. The van der Waals surface area contributed by atoms with Crippen molar-refractivity contribution in [1.29, 1.82) is 0 Å². The molecule has 21 nitrogen and oxygen atoms in total. The average Bonchev–Trinajstić information content (AvgIpc) is 3.20. The fraction of sp³-hybridized carbons (Fsp3) is 0.474. The van der Waals surface area contributed by atoms with Crippen molar-refractivity contribution in [2.75, 3.05) is 35.3 Å². The number of aliphatic hydroxyl groups excluding tert-OH is 2. The number of H-pyrrole nitrogens is 1. The molecule has 25 heteroatoms. The SMILES string of the molecule is Nc1ccn([C@@H]2O[C@H](COP(=O)([O-])OP(=O)([O-])OC[C@H]3O[C@H]4Nc5nc(N)[nH]c(=O)c5N[C@H]4C(S)=C3[S-])[C@@H](O)[C@H]2O)c(=O)n1. The summed E-state index contributed by atoms with van der Waals surface area (Å²) in [5.41, 5.74) is 9.50. The van der Waals surface area contributed by atoms with Crippen molar-refractivity contribution in [3.05, 3.63) is 42.9 Å². The van der Waals surface area contributed by atoms with Gasteiger partial charge in [-0.05, 0) is 11.0 Å². The van der Waals surface area contributed by atoms with Crippen LogP contribution in [-0.4, -0.2) is 79.6 Å². The first kappa shape index (κ1) is 32.8. The van der Waals surface area contributed by atoms with Crippen LogP contribution in [0.25, 0.3) is 0 Å². The summed E-state index contributed by atoms with van der Waals surface area (Å²) < 4.78 is 49.8. The van der Waals surface area contributed by atoms with Gasteiger partial charge in [-0.3, -0.25) is 23.5 Å². The normalized spacial score (nSPS) is 30.8. The first-order chi connectivity index (χ1) is 20.5. The van der Waals surface area contributed by atoms with E-state index in [4.69, 9.17) is 33.6 Å². The van der Waals surface area contributed by atoms with Crippen molar-refractivity contribution >= 4 is 64.2 Å². The summed E-state index contributed by atoms with van der Waals surface area (Å²) in [6.07, 6.45) is -7.66. The summed E-state index contributed by atoms with van der Waals surface area (Å²) >= 11 is 9.63. The molecule has 2 aromatic heterocycles. The van der Waals surface area contributed by atoms with Gasteiger partial charge in [-0.2, -0.15) is 14.9 Å². The highest BCUT2D eigenvalue weighted by Crippen LogP contribution is 2.56. The predicted molar refractivity (Wildman–Crippen MR) is 149 cm³/mol. The molecule has 0 spiro atoms. The molecule has 0 amide bonds. The number of aliphatic hydroxyl groups is 2. The van der Waals surface area contributed by atoms with E-state index < -0.39 is 83.0 Å². The van der Waals surface area contributed by atoms with Crippen LogP contribution in [0.2, 0.25) is 0 Å². The molecule has 2 unspecified atom stereocenters. The van der Waals surface area contributed by atoms with Crippen LogP contribution < -0.4 is 43.1 Å². The summed E-state index contributed by atoms with van der Waals surface area (Å²) in [6, 6.07) is 0.433. The summed E-state index contributed by atoms with van der Waals surface area (Å²) in [7, 11) is -11.3. The van der Waals surface area contributed by atoms with Gasteiger partial charge >= 0.3 is 5.69 Å². The smallest absolute Gasteiger partial charge is 0.351 e. The van der Waals surface area contributed by atoms with Crippen molar-refractivity contribution < 1.29 is 52.0 Å². The second kappa shape index (κ2) is 12.3. The minimum absolute atomic E-state index is 0.0235. The molecule has 5 rings (SSSR count). The number of anilines is 4. The molecule has 3 aliphatic heterocycles. The van der Waals surface area contributed by atoms with E-state index in [1.165, 1.54) is 6.07 Å². The van der Waals surface area contributed by atoms with Crippen molar-refractivity contribution in [1.82, 2.24) is 19.5 Å². The van der Waals surface area contributed by atoms with E-state index in [0.29, 0.717) is 0 Å². The average molecular weight is 698 g/mol. The number of nitrogens with zero attached hydrogens (tertiary/aromatic N) is 3. The Labute approximate surface area is 256 Å². The molecule has 242 valence electrons. The van der Waals surface area contributed by atoms with Crippen molar-refractivity contribution in [2.24, 2.45) is 0 Å². The van der Waals surface area contributed by atoms with Gasteiger partial charge in [0.25, 0.3) is 21.2 Å². The van der Waals surface area contributed by atoms with Gasteiger partial charge in [0.2, 0.25) is 5.95 Å². The maximum absolute atomic E-state index is 12.4. The van der Waals surface area contributed by atoms with Crippen LogP contribution in [-0.2, 0) is 44.6 Å². The van der Waals surface area contributed by atoms with E-state index in [9.17, 15) is 38.7 Å². The number of fused-ring (bicyclic) bond motifs is 2. The second-order valence-corrected chi connectivity index (χ2v) is 13.3. The Kier molecular flexibility index (Phi) is 9.14. The number of ether oxygens (including phenoxy) is 2. The zero-order chi connectivity index (χ0) is 32.1. The van der Waals surface area contributed by atoms with Gasteiger partial charge in [0, 0.05) is 6.20 Å². The number of aromatic amines is 1. The molecule has 0 bridgehead atoms. The molecule has 9 N–H and O–H groups in total. The number of phosphoric acid groups is 2. The first-order valence-corrected chi connectivity index (χ1v) is 16.0. The minimum Gasteiger partial charge on any atom is -0.781 e. The highest BCUT2D eigenvalue weighted by molar-refractivity contribution is 7.85. The maximum atomic E-state index is 12.4. The topological polar surface area (TPSA) is 324 Å². The van der Waals surface area contributed by atoms with Gasteiger partial charge < -0.3 is 73.3 Å². The third-order valence-electron chi connectivity index (χ3n) is 6.41. The Morgan fingerprint density at radius 2 is 1.77 bits per heavy atom. The third kappa shape index (κ3) is 6.79. The largest absolute Gasteiger partial charge is 0.781 e. The summed E-state index contributed by atoms with van der Waals surface area (Å²) in [4.78, 5) is 58.8. The number of nitrogen functional groups attached to an aromatic ring is 2. The molecule has 1 saturated heterocycles. The van der Waals surface area contributed by atoms with E-state index in [2.05, 4.69) is 51.6 Å². The minimum atomic E-state index is -5.68. The lowest BCUT2D eigenvalue weighted by Gasteiger charge is -2.45. The van der Waals surface area contributed by atoms with E-state index in [1.54, 1.807) is 0 Å². The van der Waals surface area contributed by atoms with Gasteiger partial charge in [-0.25, -0.2) is 9.11 Å². The predicted octanol–water partition coefficient (Wildman–Crippen LogP) is -3.58.